The third-order valence-corrected chi connectivity index (χ3v) is 5.20. The van der Waals surface area contributed by atoms with E-state index in [1.54, 1.807) is 54.6 Å². The normalized spacial score (nSPS) is 13.5. The number of benzene rings is 3. The van der Waals surface area contributed by atoms with Gasteiger partial charge in [-0.25, -0.2) is 0 Å². The van der Waals surface area contributed by atoms with E-state index in [2.05, 4.69) is 5.32 Å². The number of rotatable bonds is 6. The fourth-order valence-corrected chi connectivity index (χ4v) is 3.47. The van der Waals surface area contributed by atoms with Crippen molar-refractivity contribution in [2.75, 3.05) is 36.5 Å². The molecule has 0 unspecified atom stereocenters. The number of non-ortho nitro benzene ring substituents is 1. The van der Waals surface area contributed by atoms with Crippen LogP contribution in [0.25, 0.3) is 0 Å². The Hall–Kier alpha value is -3.62. The molecule has 0 aliphatic carbocycles. The molecule has 1 N–H and O–H groups in total. The quantitative estimate of drug-likeness (QED) is 0.410. The van der Waals surface area contributed by atoms with Crippen LogP contribution in [0, 0.1) is 10.1 Å². The molecule has 0 atom stereocenters. The largest absolute Gasteiger partial charge is 0.457 e. The first-order chi connectivity index (χ1) is 15.5. The van der Waals surface area contributed by atoms with Crippen LogP contribution >= 0.6 is 11.6 Å². The van der Waals surface area contributed by atoms with Gasteiger partial charge < -0.3 is 19.7 Å². The second-order valence-corrected chi connectivity index (χ2v) is 7.53. The zero-order valence-electron chi connectivity index (χ0n) is 17.0. The number of halogens is 1. The zero-order valence-corrected chi connectivity index (χ0v) is 17.7. The summed E-state index contributed by atoms with van der Waals surface area (Å²) in [5, 5.41) is 14.7. The van der Waals surface area contributed by atoms with Crippen molar-refractivity contribution in [3.63, 3.8) is 0 Å². The molecule has 0 aromatic heterocycles. The van der Waals surface area contributed by atoms with Crippen LogP contribution in [0.3, 0.4) is 0 Å². The van der Waals surface area contributed by atoms with Gasteiger partial charge in [-0.3, -0.25) is 14.9 Å². The highest BCUT2D eigenvalue weighted by Crippen LogP contribution is 2.28. The van der Waals surface area contributed by atoms with Gasteiger partial charge in [-0.05, 0) is 54.6 Å². The highest BCUT2D eigenvalue weighted by molar-refractivity contribution is 6.30. The Morgan fingerprint density at radius 2 is 1.62 bits per heavy atom. The van der Waals surface area contributed by atoms with E-state index in [1.807, 2.05) is 4.90 Å². The molecule has 9 heteroatoms. The minimum Gasteiger partial charge on any atom is -0.457 e. The molecule has 1 aliphatic rings. The summed E-state index contributed by atoms with van der Waals surface area (Å²) in [6.45, 7) is 2.28. The van der Waals surface area contributed by atoms with Crippen molar-refractivity contribution < 1.29 is 19.2 Å². The zero-order chi connectivity index (χ0) is 22.5. The lowest BCUT2D eigenvalue weighted by Crippen LogP contribution is -2.37. The Labute approximate surface area is 189 Å². The van der Waals surface area contributed by atoms with Crippen molar-refractivity contribution in [1.82, 2.24) is 0 Å². The summed E-state index contributed by atoms with van der Waals surface area (Å²) in [6.07, 6.45) is 0. The maximum absolute atomic E-state index is 13.0. The fourth-order valence-electron chi connectivity index (χ4n) is 3.34. The number of ether oxygens (including phenoxy) is 2. The second-order valence-electron chi connectivity index (χ2n) is 7.09. The number of hydrogen-bond donors (Lipinski definition) is 1. The predicted octanol–water partition coefficient (Wildman–Crippen LogP) is 5.13. The first-order valence-electron chi connectivity index (χ1n) is 9.95. The third kappa shape index (κ3) is 5.16. The summed E-state index contributed by atoms with van der Waals surface area (Å²) >= 11 is 5.88. The summed E-state index contributed by atoms with van der Waals surface area (Å²) < 4.78 is 11.1. The number of nitro benzene ring substituents is 1. The van der Waals surface area contributed by atoms with E-state index in [1.165, 1.54) is 12.1 Å². The van der Waals surface area contributed by atoms with Crippen molar-refractivity contribution in [3.8, 4) is 11.5 Å². The van der Waals surface area contributed by atoms with Gasteiger partial charge in [0.15, 0.2) is 0 Å². The summed E-state index contributed by atoms with van der Waals surface area (Å²) in [5.41, 5.74) is 1.28. The van der Waals surface area contributed by atoms with Crippen LogP contribution in [0.5, 0.6) is 11.5 Å². The van der Waals surface area contributed by atoms with E-state index < -0.39 is 10.8 Å². The first kappa shape index (κ1) is 21.6. The summed E-state index contributed by atoms with van der Waals surface area (Å²) in [5.74, 6) is 0.800. The smallest absolute Gasteiger partial charge is 0.270 e. The van der Waals surface area contributed by atoms with E-state index in [0.717, 1.165) is 0 Å². The lowest BCUT2D eigenvalue weighted by Gasteiger charge is -2.30. The van der Waals surface area contributed by atoms with Crippen LogP contribution in [0.4, 0.5) is 17.1 Å². The number of anilines is 2. The highest BCUT2D eigenvalue weighted by Gasteiger charge is 2.22. The Bertz CT molecular complexity index is 1110. The van der Waals surface area contributed by atoms with Gasteiger partial charge in [0, 0.05) is 35.9 Å². The highest BCUT2D eigenvalue weighted by atomic mass is 35.5. The number of nitrogens with zero attached hydrogens (tertiary/aromatic N) is 2. The lowest BCUT2D eigenvalue weighted by atomic mass is 10.1. The average Bonchev–Trinajstić information content (AvgIpc) is 2.82. The minimum absolute atomic E-state index is 0.140. The molecule has 8 nitrogen and oxygen atoms in total. The van der Waals surface area contributed by atoms with Crippen molar-refractivity contribution in [3.05, 3.63) is 87.4 Å². The molecule has 4 rings (SSSR count). The number of nitro groups is 1. The molecule has 0 radical (unpaired) electrons. The molecule has 1 fully saturated rings. The van der Waals surface area contributed by atoms with Crippen molar-refractivity contribution in [2.24, 2.45) is 0 Å². The molecule has 32 heavy (non-hydrogen) atoms. The van der Waals surface area contributed by atoms with Gasteiger partial charge in [0.1, 0.15) is 11.5 Å². The summed E-state index contributed by atoms with van der Waals surface area (Å²) in [4.78, 5) is 25.8. The summed E-state index contributed by atoms with van der Waals surface area (Å²) in [6, 6.07) is 18.2. The van der Waals surface area contributed by atoms with Gasteiger partial charge in [-0.1, -0.05) is 11.6 Å². The Morgan fingerprint density at radius 3 is 2.25 bits per heavy atom. The molecule has 1 saturated heterocycles. The van der Waals surface area contributed by atoms with E-state index >= 15 is 0 Å². The van der Waals surface area contributed by atoms with E-state index in [4.69, 9.17) is 21.1 Å². The average molecular weight is 454 g/mol. The Balaban J connectivity index is 1.51. The Kier molecular flexibility index (Phi) is 6.53. The molecule has 0 saturated carbocycles. The van der Waals surface area contributed by atoms with Crippen LogP contribution in [0.2, 0.25) is 5.02 Å². The molecule has 0 spiro atoms. The lowest BCUT2D eigenvalue weighted by molar-refractivity contribution is -0.384. The topological polar surface area (TPSA) is 93.9 Å². The van der Waals surface area contributed by atoms with Gasteiger partial charge in [-0.15, -0.1) is 0 Å². The monoisotopic (exact) mass is 453 g/mol. The number of morpholine rings is 1. The minimum atomic E-state index is -0.511. The predicted molar refractivity (Wildman–Crippen MR) is 122 cm³/mol. The number of nitrogens with one attached hydrogen (secondary N) is 1. The van der Waals surface area contributed by atoms with Crippen molar-refractivity contribution in [1.29, 1.82) is 0 Å². The molecule has 0 bridgehead atoms. The molecule has 1 aliphatic heterocycles. The first-order valence-corrected chi connectivity index (χ1v) is 10.3. The van der Waals surface area contributed by atoms with Gasteiger partial charge in [0.2, 0.25) is 0 Å². The van der Waals surface area contributed by atoms with E-state index in [-0.39, 0.29) is 11.3 Å². The number of amides is 1. The van der Waals surface area contributed by atoms with Crippen molar-refractivity contribution in [2.45, 2.75) is 0 Å². The van der Waals surface area contributed by atoms with Crippen LogP contribution in [0.1, 0.15) is 10.4 Å². The van der Waals surface area contributed by atoms with Crippen molar-refractivity contribution >= 4 is 34.6 Å². The molecular weight excluding hydrogens is 434 g/mol. The Morgan fingerprint density at radius 1 is 1.00 bits per heavy atom. The third-order valence-electron chi connectivity index (χ3n) is 4.95. The maximum Gasteiger partial charge on any atom is 0.270 e. The van der Waals surface area contributed by atoms with Gasteiger partial charge in [0.05, 0.1) is 29.4 Å². The van der Waals surface area contributed by atoms with Crippen LogP contribution < -0.4 is 15.0 Å². The SMILES string of the molecule is O=C(Nc1ccc(Oc2ccc(Cl)cc2)cc1)c1cc([N+](=O)[O-])ccc1N1CCOCC1. The van der Waals surface area contributed by atoms with Gasteiger partial charge in [-0.2, -0.15) is 0 Å². The van der Waals surface area contributed by atoms with Gasteiger partial charge in [0.25, 0.3) is 11.6 Å². The summed E-state index contributed by atoms with van der Waals surface area (Å²) in [7, 11) is 0. The maximum atomic E-state index is 13.0. The molecule has 3 aromatic carbocycles. The van der Waals surface area contributed by atoms with E-state index in [9.17, 15) is 14.9 Å². The second kappa shape index (κ2) is 9.67. The molecule has 1 heterocycles. The molecular formula is C23H20ClN3O5. The number of carbonyl (C=O) groups is 1. The molecule has 164 valence electrons. The van der Waals surface area contributed by atoms with E-state index in [0.29, 0.717) is 54.2 Å². The standard InChI is InChI=1S/C23H20ClN3O5/c24-16-1-6-19(7-2-16)32-20-8-3-17(4-9-20)25-23(28)21-15-18(27(29)30)5-10-22(21)26-11-13-31-14-12-26/h1-10,15H,11-14H2,(H,25,28). The molecule has 1 amide bonds. The van der Waals surface area contributed by atoms with Crippen LogP contribution in [0.15, 0.2) is 66.7 Å². The number of hydrogen-bond acceptors (Lipinski definition) is 6. The van der Waals surface area contributed by atoms with Gasteiger partial charge >= 0.3 is 0 Å². The van der Waals surface area contributed by atoms with Crippen LogP contribution in [-0.2, 0) is 4.74 Å². The fraction of sp³-hybridized carbons (Fsp3) is 0.174. The number of carbonyl (C=O) groups excluding carboxylic acids is 1. The van der Waals surface area contributed by atoms with Crippen LogP contribution in [-0.4, -0.2) is 37.1 Å². The molecule has 3 aromatic rings.